The Bertz CT molecular complexity index is 650. The van der Waals surface area contributed by atoms with Crippen molar-refractivity contribution in [1.29, 1.82) is 0 Å². The number of benzene rings is 1. The Labute approximate surface area is 138 Å². The molecule has 0 radical (unpaired) electrons. The first-order valence-corrected chi connectivity index (χ1v) is 7.31. The van der Waals surface area contributed by atoms with Gasteiger partial charge >= 0.3 is 5.97 Å². The maximum atomic E-state index is 12.3. The standard InChI is InChI=1S/C15H19N3O6/c1-8-13(14(23)17-7-12(21)22)18(11(20)6-16)15(24-8)9-4-2-3-5-10(9)19/h2-5,8,13,15,19H,6-7,16H2,1H3,(H,17,23)(H,21,22)/t8-,13+,15?/m1/s1. The smallest absolute Gasteiger partial charge is 0.322 e. The molecule has 3 atom stereocenters. The molecule has 1 aromatic rings. The maximum Gasteiger partial charge on any atom is 0.322 e. The summed E-state index contributed by atoms with van der Waals surface area (Å²) < 4.78 is 5.69. The Morgan fingerprint density at radius 3 is 2.58 bits per heavy atom. The fourth-order valence-corrected chi connectivity index (χ4v) is 2.63. The highest BCUT2D eigenvalue weighted by atomic mass is 16.5. The zero-order chi connectivity index (χ0) is 17.9. The summed E-state index contributed by atoms with van der Waals surface area (Å²) in [7, 11) is 0. The van der Waals surface area contributed by atoms with Gasteiger partial charge in [0.05, 0.1) is 12.6 Å². The van der Waals surface area contributed by atoms with Crippen molar-refractivity contribution in [3.8, 4) is 5.75 Å². The molecule has 9 nitrogen and oxygen atoms in total. The molecular weight excluding hydrogens is 318 g/mol. The van der Waals surface area contributed by atoms with Gasteiger partial charge in [-0.15, -0.1) is 0 Å². The van der Waals surface area contributed by atoms with Crippen LogP contribution in [0.15, 0.2) is 24.3 Å². The largest absolute Gasteiger partial charge is 0.507 e. The zero-order valence-corrected chi connectivity index (χ0v) is 13.0. The summed E-state index contributed by atoms with van der Waals surface area (Å²) in [6.07, 6.45) is -1.70. The number of nitrogens with zero attached hydrogens (tertiary/aromatic N) is 1. The molecule has 1 unspecified atom stereocenters. The van der Waals surface area contributed by atoms with E-state index in [1.165, 1.54) is 6.07 Å². The van der Waals surface area contributed by atoms with Crippen LogP contribution in [0, 0.1) is 0 Å². The summed E-state index contributed by atoms with van der Waals surface area (Å²) in [6, 6.07) is 5.23. The minimum Gasteiger partial charge on any atom is -0.507 e. The van der Waals surface area contributed by atoms with Crippen LogP contribution in [0.25, 0.3) is 0 Å². The number of nitrogens with two attached hydrogens (primary N) is 1. The molecule has 0 aliphatic carbocycles. The van der Waals surface area contributed by atoms with E-state index in [2.05, 4.69) is 5.32 Å². The van der Waals surface area contributed by atoms with Gasteiger partial charge in [0, 0.05) is 5.56 Å². The number of carbonyl (C=O) groups is 3. The average Bonchev–Trinajstić information content (AvgIpc) is 2.89. The van der Waals surface area contributed by atoms with E-state index in [-0.39, 0.29) is 12.3 Å². The Morgan fingerprint density at radius 1 is 1.33 bits per heavy atom. The molecule has 0 aromatic heterocycles. The highest BCUT2D eigenvalue weighted by molar-refractivity contribution is 5.91. The molecule has 1 aliphatic heterocycles. The number of aliphatic carboxylic acids is 1. The minimum absolute atomic E-state index is 0.0869. The summed E-state index contributed by atoms with van der Waals surface area (Å²) in [4.78, 5) is 36.3. The van der Waals surface area contributed by atoms with Crippen molar-refractivity contribution >= 4 is 17.8 Å². The van der Waals surface area contributed by atoms with Crippen molar-refractivity contribution in [1.82, 2.24) is 10.2 Å². The fourth-order valence-electron chi connectivity index (χ4n) is 2.63. The van der Waals surface area contributed by atoms with Gasteiger partial charge in [-0.2, -0.15) is 0 Å². The van der Waals surface area contributed by atoms with Crippen LogP contribution in [0.3, 0.4) is 0 Å². The number of rotatable bonds is 5. The van der Waals surface area contributed by atoms with Crippen molar-refractivity contribution in [3.63, 3.8) is 0 Å². The van der Waals surface area contributed by atoms with Gasteiger partial charge in [0.2, 0.25) is 11.8 Å². The predicted molar refractivity (Wildman–Crippen MR) is 81.7 cm³/mol. The lowest BCUT2D eigenvalue weighted by Gasteiger charge is -2.28. The number of carbonyl (C=O) groups excluding carboxylic acids is 2. The Hall–Kier alpha value is -2.65. The van der Waals surface area contributed by atoms with Crippen LogP contribution in [0.5, 0.6) is 5.75 Å². The van der Waals surface area contributed by atoms with Crippen LogP contribution in [0.4, 0.5) is 0 Å². The van der Waals surface area contributed by atoms with E-state index in [0.717, 1.165) is 4.90 Å². The van der Waals surface area contributed by atoms with Gasteiger partial charge < -0.3 is 26.0 Å². The SMILES string of the molecule is C[C@H]1OC(c2ccccc2O)N(C(=O)CN)[C@@H]1C(=O)NCC(=O)O. The van der Waals surface area contributed by atoms with E-state index in [4.69, 9.17) is 15.6 Å². The van der Waals surface area contributed by atoms with E-state index < -0.39 is 42.7 Å². The first kappa shape index (κ1) is 17.7. The van der Waals surface area contributed by atoms with Crippen LogP contribution in [-0.2, 0) is 19.1 Å². The van der Waals surface area contributed by atoms with E-state index in [9.17, 15) is 19.5 Å². The molecule has 5 N–H and O–H groups in total. The molecule has 0 spiro atoms. The highest BCUT2D eigenvalue weighted by Crippen LogP contribution is 2.38. The molecule has 0 bridgehead atoms. The molecule has 1 heterocycles. The maximum absolute atomic E-state index is 12.3. The van der Waals surface area contributed by atoms with Crippen molar-refractivity contribution in [2.75, 3.05) is 13.1 Å². The normalized spacial score (nSPS) is 23.1. The van der Waals surface area contributed by atoms with Gasteiger partial charge in [-0.3, -0.25) is 19.3 Å². The molecule has 24 heavy (non-hydrogen) atoms. The van der Waals surface area contributed by atoms with Crippen LogP contribution in [0.1, 0.15) is 18.7 Å². The quantitative estimate of drug-likeness (QED) is 0.549. The summed E-state index contributed by atoms with van der Waals surface area (Å²) in [5.41, 5.74) is 5.74. The number of hydrogen-bond donors (Lipinski definition) is 4. The second kappa shape index (κ2) is 7.28. The van der Waals surface area contributed by atoms with Gasteiger partial charge in [-0.05, 0) is 13.0 Å². The van der Waals surface area contributed by atoms with Gasteiger partial charge in [-0.25, -0.2) is 0 Å². The second-order valence-corrected chi connectivity index (χ2v) is 5.31. The third-order valence-corrected chi connectivity index (χ3v) is 3.69. The Balaban J connectivity index is 2.34. The van der Waals surface area contributed by atoms with Crippen LogP contribution < -0.4 is 11.1 Å². The number of carboxylic acids is 1. The second-order valence-electron chi connectivity index (χ2n) is 5.31. The highest BCUT2D eigenvalue weighted by Gasteiger charge is 2.47. The molecule has 0 saturated carbocycles. The monoisotopic (exact) mass is 337 g/mol. The molecule has 9 heteroatoms. The Morgan fingerprint density at radius 2 is 2.00 bits per heavy atom. The number of amides is 2. The van der Waals surface area contributed by atoms with E-state index in [0.29, 0.717) is 5.56 Å². The predicted octanol–water partition coefficient (Wildman–Crippen LogP) is -0.834. The summed E-state index contributed by atoms with van der Waals surface area (Å²) in [5, 5.41) is 20.9. The first-order valence-electron chi connectivity index (χ1n) is 7.31. The molecule has 2 amide bonds. The van der Waals surface area contributed by atoms with Crippen molar-refractivity contribution in [2.24, 2.45) is 5.73 Å². The van der Waals surface area contributed by atoms with Crippen LogP contribution >= 0.6 is 0 Å². The topological polar surface area (TPSA) is 142 Å². The van der Waals surface area contributed by atoms with Gasteiger partial charge in [0.25, 0.3) is 0 Å². The molecule has 1 fully saturated rings. The van der Waals surface area contributed by atoms with Crippen LogP contribution in [-0.4, -0.2) is 58.1 Å². The molecule has 1 aliphatic rings. The zero-order valence-electron chi connectivity index (χ0n) is 13.0. The van der Waals surface area contributed by atoms with Crippen molar-refractivity contribution in [2.45, 2.75) is 25.3 Å². The minimum atomic E-state index is -1.20. The van der Waals surface area contributed by atoms with Gasteiger partial charge in [0.1, 0.15) is 18.3 Å². The van der Waals surface area contributed by atoms with Crippen LogP contribution in [0.2, 0.25) is 0 Å². The number of nitrogens with one attached hydrogen (secondary N) is 1. The summed E-state index contributed by atoms with van der Waals surface area (Å²) in [6.45, 7) is 0.651. The number of ether oxygens (including phenoxy) is 1. The third kappa shape index (κ3) is 3.47. The van der Waals surface area contributed by atoms with E-state index in [1.54, 1.807) is 25.1 Å². The molecule has 1 aromatic carbocycles. The number of carboxylic acid groups (broad SMARTS) is 1. The number of phenolic OH excluding ortho intramolecular Hbond substituents is 1. The molecule has 1 saturated heterocycles. The summed E-state index contributed by atoms with van der Waals surface area (Å²) in [5.74, 6) is -2.51. The van der Waals surface area contributed by atoms with Gasteiger partial charge in [0.15, 0.2) is 6.23 Å². The molecular formula is C15H19N3O6. The Kier molecular flexibility index (Phi) is 5.37. The third-order valence-electron chi connectivity index (χ3n) is 3.69. The van der Waals surface area contributed by atoms with E-state index >= 15 is 0 Å². The number of para-hydroxylation sites is 1. The number of phenols is 1. The molecule has 130 valence electrons. The lowest BCUT2D eigenvalue weighted by atomic mass is 10.1. The van der Waals surface area contributed by atoms with Crippen molar-refractivity contribution in [3.05, 3.63) is 29.8 Å². The number of hydrogen-bond acceptors (Lipinski definition) is 6. The van der Waals surface area contributed by atoms with E-state index in [1.807, 2.05) is 0 Å². The molecule has 2 rings (SSSR count). The first-order chi connectivity index (χ1) is 11.4. The summed E-state index contributed by atoms with van der Waals surface area (Å²) >= 11 is 0. The fraction of sp³-hybridized carbons (Fsp3) is 0.400. The van der Waals surface area contributed by atoms with Crippen molar-refractivity contribution < 1.29 is 29.3 Å². The lowest BCUT2D eigenvalue weighted by Crippen LogP contribution is -2.52. The average molecular weight is 337 g/mol. The lowest BCUT2D eigenvalue weighted by molar-refractivity contribution is -0.142. The van der Waals surface area contributed by atoms with Gasteiger partial charge in [-0.1, -0.05) is 18.2 Å². The number of aromatic hydroxyl groups is 1.